The summed E-state index contributed by atoms with van der Waals surface area (Å²) in [5.74, 6) is -0.523. The molecule has 1 unspecified atom stereocenters. The maximum atomic E-state index is 11.8. The van der Waals surface area contributed by atoms with E-state index in [4.69, 9.17) is 16.1 Å². The quantitative estimate of drug-likeness (QED) is 0.351. The van der Waals surface area contributed by atoms with Crippen LogP contribution in [0.5, 0.6) is 0 Å². The fraction of sp³-hybridized carbons (Fsp3) is 0.231. The van der Waals surface area contributed by atoms with Crippen molar-refractivity contribution in [2.75, 3.05) is 17.6 Å². The van der Waals surface area contributed by atoms with Crippen LogP contribution < -0.4 is 16.4 Å². The van der Waals surface area contributed by atoms with Crippen LogP contribution in [0.25, 0.3) is 0 Å². The summed E-state index contributed by atoms with van der Waals surface area (Å²) in [5, 5.41) is 23.2. The first kappa shape index (κ1) is 14.5. The standard InChI is InChI=1S/C13H16N4O2/c1-9(18)7-16-8-10(6-14)13(19)17-12-4-2-11(15)3-5-12/h2-5,8-9,16,18H,7,15H2,1H3,(H,17,19)/b10-8-. The maximum absolute atomic E-state index is 11.8. The van der Waals surface area contributed by atoms with Crippen LogP contribution in [0.4, 0.5) is 11.4 Å². The predicted octanol–water partition coefficient (Wildman–Crippen LogP) is 0.585. The summed E-state index contributed by atoms with van der Waals surface area (Å²) in [6.07, 6.45) is 0.718. The van der Waals surface area contributed by atoms with Crippen LogP contribution in [-0.2, 0) is 4.79 Å². The summed E-state index contributed by atoms with van der Waals surface area (Å²) in [5.41, 5.74) is 6.60. The molecule has 0 radical (unpaired) electrons. The van der Waals surface area contributed by atoms with Gasteiger partial charge in [0.2, 0.25) is 0 Å². The summed E-state index contributed by atoms with van der Waals surface area (Å²) < 4.78 is 0. The number of rotatable bonds is 5. The SMILES string of the molecule is CC(O)CN/C=C(/C#N)C(=O)Nc1ccc(N)cc1. The number of nitrogens with zero attached hydrogens (tertiary/aromatic N) is 1. The number of hydrogen-bond acceptors (Lipinski definition) is 5. The van der Waals surface area contributed by atoms with Crippen molar-refractivity contribution >= 4 is 17.3 Å². The lowest BCUT2D eigenvalue weighted by Gasteiger charge is -2.06. The summed E-state index contributed by atoms with van der Waals surface area (Å²) in [6.45, 7) is 1.86. The van der Waals surface area contributed by atoms with Crippen LogP contribution in [-0.4, -0.2) is 23.7 Å². The van der Waals surface area contributed by atoms with Gasteiger partial charge in [0.1, 0.15) is 11.6 Å². The molecule has 100 valence electrons. The molecule has 1 amide bonds. The zero-order valence-electron chi connectivity index (χ0n) is 10.6. The molecule has 0 saturated heterocycles. The van der Waals surface area contributed by atoms with Crippen LogP contribution in [0.3, 0.4) is 0 Å². The van der Waals surface area contributed by atoms with Gasteiger partial charge in [-0.25, -0.2) is 0 Å². The van der Waals surface area contributed by atoms with Crippen molar-refractivity contribution < 1.29 is 9.90 Å². The van der Waals surface area contributed by atoms with E-state index in [1.165, 1.54) is 6.20 Å². The Hall–Kier alpha value is -2.52. The number of nitrogen functional groups attached to an aromatic ring is 1. The van der Waals surface area contributed by atoms with Gasteiger partial charge in [-0.1, -0.05) is 0 Å². The summed E-state index contributed by atoms with van der Waals surface area (Å²) >= 11 is 0. The van der Waals surface area contributed by atoms with Crippen molar-refractivity contribution in [1.82, 2.24) is 5.32 Å². The molecule has 6 heteroatoms. The smallest absolute Gasteiger partial charge is 0.267 e. The number of nitriles is 1. The third-order valence-corrected chi connectivity index (χ3v) is 2.19. The highest BCUT2D eigenvalue weighted by Gasteiger charge is 2.09. The van der Waals surface area contributed by atoms with Crippen molar-refractivity contribution in [2.24, 2.45) is 0 Å². The Labute approximate surface area is 111 Å². The highest BCUT2D eigenvalue weighted by Crippen LogP contribution is 2.11. The largest absolute Gasteiger partial charge is 0.399 e. The molecule has 5 N–H and O–H groups in total. The van der Waals surface area contributed by atoms with E-state index >= 15 is 0 Å². The number of carbonyl (C=O) groups is 1. The Morgan fingerprint density at radius 2 is 2.16 bits per heavy atom. The number of nitrogens with one attached hydrogen (secondary N) is 2. The van der Waals surface area contributed by atoms with Crippen LogP contribution in [0.1, 0.15) is 6.92 Å². The Morgan fingerprint density at radius 1 is 1.53 bits per heavy atom. The van der Waals surface area contributed by atoms with Gasteiger partial charge in [0, 0.05) is 24.1 Å². The number of benzene rings is 1. The molecule has 19 heavy (non-hydrogen) atoms. The minimum atomic E-state index is -0.559. The fourth-order valence-electron chi connectivity index (χ4n) is 1.25. The van der Waals surface area contributed by atoms with Crippen LogP contribution in [0.2, 0.25) is 0 Å². The molecule has 1 rings (SSSR count). The molecule has 0 heterocycles. The summed E-state index contributed by atoms with van der Waals surface area (Å²) in [7, 11) is 0. The molecule has 0 aliphatic carbocycles. The van der Waals surface area contributed by atoms with E-state index in [9.17, 15) is 4.79 Å². The van der Waals surface area contributed by atoms with E-state index < -0.39 is 12.0 Å². The molecule has 0 fully saturated rings. The van der Waals surface area contributed by atoms with Crippen LogP contribution in [0.15, 0.2) is 36.0 Å². The van der Waals surface area contributed by atoms with Crippen LogP contribution in [0, 0.1) is 11.3 Å². The molecular formula is C13H16N4O2. The number of anilines is 2. The molecule has 1 atom stereocenters. The van der Waals surface area contributed by atoms with E-state index in [2.05, 4.69) is 10.6 Å². The second kappa shape index (κ2) is 7.03. The number of hydrogen-bond donors (Lipinski definition) is 4. The van der Waals surface area contributed by atoms with Crippen LogP contribution >= 0.6 is 0 Å². The van der Waals surface area contributed by atoms with E-state index in [0.717, 1.165) is 0 Å². The molecule has 0 spiro atoms. The van der Waals surface area contributed by atoms with E-state index in [1.54, 1.807) is 37.3 Å². The first-order chi connectivity index (χ1) is 9.02. The molecular weight excluding hydrogens is 244 g/mol. The van der Waals surface area contributed by atoms with Gasteiger partial charge in [-0.15, -0.1) is 0 Å². The Bertz CT molecular complexity index is 500. The zero-order chi connectivity index (χ0) is 14.3. The first-order valence-electron chi connectivity index (χ1n) is 5.71. The van der Waals surface area contributed by atoms with Crippen molar-refractivity contribution in [1.29, 1.82) is 5.26 Å². The van der Waals surface area contributed by atoms with Gasteiger partial charge in [-0.05, 0) is 31.2 Å². The lowest BCUT2D eigenvalue weighted by atomic mass is 10.2. The Balaban J connectivity index is 2.64. The molecule has 0 bridgehead atoms. The highest BCUT2D eigenvalue weighted by molar-refractivity contribution is 6.06. The van der Waals surface area contributed by atoms with Crippen molar-refractivity contribution in [2.45, 2.75) is 13.0 Å². The Kier molecular flexibility index (Phi) is 5.38. The molecule has 0 aliphatic heterocycles. The minimum absolute atomic E-state index is 0.0718. The fourth-order valence-corrected chi connectivity index (χ4v) is 1.25. The van der Waals surface area contributed by atoms with Gasteiger partial charge in [-0.3, -0.25) is 4.79 Å². The number of nitrogens with two attached hydrogens (primary N) is 1. The van der Waals surface area contributed by atoms with Gasteiger partial charge in [0.15, 0.2) is 0 Å². The number of carbonyl (C=O) groups excluding carboxylic acids is 1. The van der Waals surface area contributed by atoms with Gasteiger partial charge < -0.3 is 21.5 Å². The molecule has 0 aliphatic rings. The zero-order valence-corrected chi connectivity index (χ0v) is 10.6. The van der Waals surface area contributed by atoms with E-state index in [1.807, 2.05) is 0 Å². The predicted molar refractivity (Wildman–Crippen MR) is 72.9 cm³/mol. The number of amides is 1. The first-order valence-corrected chi connectivity index (χ1v) is 5.71. The van der Waals surface area contributed by atoms with E-state index in [-0.39, 0.29) is 12.1 Å². The van der Waals surface area contributed by atoms with Crippen molar-refractivity contribution in [3.05, 3.63) is 36.0 Å². The average Bonchev–Trinajstić information content (AvgIpc) is 2.37. The highest BCUT2D eigenvalue weighted by atomic mass is 16.3. The van der Waals surface area contributed by atoms with Gasteiger partial charge in [0.05, 0.1) is 6.10 Å². The molecule has 1 aromatic carbocycles. The maximum Gasteiger partial charge on any atom is 0.267 e. The molecule has 1 aromatic rings. The van der Waals surface area contributed by atoms with E-state index in [0.29, 0.717) is 11.4 Å². The summed E-state index contributed by atoms with van der Waals surface area (Å²) in [4.78, 5) is 11.8. The molecule has 0 saturated carbocycles. The molecule has 6 nitrogen and oxygen atoms in total. The monoisotopic (exact) mass is 260 g/mol. The number of aliphatic hydroxyl groups excluding tert-OH is 1. The normalized spacial score (nSPS) is 12.4. The third-order valence-electron chi connectivity index (χ3n) is 2.19. The second-order valence-electron chi connectivity index (χ2n) is 4.00. The minimum Gasteiger partial charge on any atom is -0.399 e. The van der Waals surface area contributed by atoms with Gasteiger partial charge in [-0.2, -0.15) is 5.26 Å². The molecule has 0 aromatic heterocycles. The lowest BCUT2D eigenvalue weighted by Crippen LogP contribution is -2.22. The van der Waals surface area contributed by atoms with Gasteiger partial charge in [0.25, 0.3) is 5.91 Å². The topological polar surface area (TPSA) is 111 Å². The number of aliphatic hydroxyl groups is 1. The Morgan fingerprint density at radius 3 is 2.68 bits per heavy atom. The van der Waals surface area contributed by atoms with Crippen molar-refractivity contribution in [3.63, 3.8) is 0 Å². The van der Waals surface area contributed by atoms with Crippen molar-refractivity contribution in [3.8, 4) is 6.07 Å². The summed E-state index contributed by atoms with van der Waals surface area (Å²) in [6, 6.07) is 8.38. The lowest BCUT2D eigenvalue weighted by molar-refractivity contribution is -0.112. The second-order valence-corrected chi connectivity index (χ2v) is 4.00. The average molecular weight is 260 g/mol. The van der Waals surface area contributed by atoms with Gasteiger partial charge >= 0.3 is 0 Å². The third kappa shape index (κ3) is 5.10.